The van der Waals surface area contributed by atoms with Crippen molar-refractivity contribution in [3.63, 3.8) is 0 Å². The SMILES string of the molecule is COc1ccccc1C(CNC(=O)C1CCCN1C(=O)c1ccco1)N1CCCC1. The predicted molar refractivity (Wildman–Crippen MR) is 112 cm³/mol. The van der Waals surface area contributed by atoms with Crippen LogP contribution in [0.25, 0.3) is 0 Å². The molecule has 0 spiro atoms. The summed E-state index contributed by atoms with van der Waals surface area (Å²) in [6.07, 6.45) is 5.28. The molecular formula is C23H29N3O4. The van der Waals surface area contributed by atoms with E-state index in [1.54, 1.807) is 24.1 Å². The van der Waals surface area contributed by atoms with Crippen molar-refractivity contribution in [1.29, 1.82) is 0 Å². The van der Waals surface area contributed by atoms with Crippen molar-refractivity contribution < 1.29 is 18.7 Å². The molecule has 7 nitrogen and oxygen atoms in total. The van der Waals surface area contributed by atoms with Gasteiger partial charge in [-0.2, -0.15) is 0 Å². The molecule has 160 valence electrons. The third kappa shape index (κ3) is 4.21. The lowest BCUT2D eigenvalue weighted by atomic mass is 10.0. The summed E-state index contributed by atoms with van der Waals surface area (Å²) in [5.74, 6) is 0.780. The summed E-state index contributed by atoms with van der Waals surface area (Å²) >= 11 is 0. The molecule has 1 aromatic heterocycles. The molecule has 3 heterocycles. The molecule has 4 rings (SSSR count). The second kappa shape index (κ2) is 9.34. The minimum absolute atomic E-state index is 0.0447. The lowest BCUT2D eigenvalue weighted by molar-refractivity contribution is -0.125. The van der Waals surface area contributed by atoms with E-state index in [0.717, 1.165) is 43.7 Å². The van der Waals surface area contributed by atoms with E-state index in [0.29, 0.717) is 19.5 Å². The van der Waals surface area contributed by atoms with Gasteiger partial charge in [0.25, 0.3) is 5.91 Å². The summed E-state index contributed by atoms with van der Waals surface area (Å²) in [6, 6.07) is 10.9. The van der Waals surface area contributed by atoms with Crippen LogP contribution in [-0.4, -0.2) is 60.9 Å². The van der Waals surface area contributed by atoms with Crippen molar-refractivity contribution in [3.8, 4) is 5.75 Å². The van der Waals surface area contributed by atoms with Gasteiger partial charge in [0.05, 0.1) is 19.4 Å². The maximum absolute atomic E-state index is 13.0. The Labute approximate surface area is 177 Å². The Morgan fingerprint density at radius 2 is 1.93 bits per heavy atom. The Morgan fingerprint density at radius 3 is 2.67 bits per heavy atom. The molecule has 2 atom stereocenters. The average molecular weight is 412 g/mol. The molecule has 2 amide bonds. The first kappa shape index (κ1) is 20.5. The van der Waals surface area contributed by atoms with E-state index >= 15 is 0 Å². The highest BCUT2D eigenvalue weighted by Gasteiger charge is 2.36. The number of carbonyl (C=O) groups is 2. The summed E-state index contributed by atoms with van der Waals surface area (Å²) in [6.45, 7) is 3.06. The molecule has 0 saturated carbocycles. The van der Waals surface area contributed by atoms with Gasteiger partial charge >= 0.3 is 0 Å². The van der Waals surface area contributed by atoms with Gasteiger partial charge in [-0.15, -0.1) is 0 Å². The number of amides is 2. The van der Waals surface area contributed by atoms with Crippen molar-refractivity contribution in [3.05, 3.63) is 54.0 Å². The highest BCUT2D eigenvalue weighted by atomic mass is 16.5. The van der Waals surface area contributed by atoms with Gasteiger partial charge in [-0.05, 0) is 57.0 Å². The maximum atomic E-state index is 13.0. The number of benzene rings is 1. The molecule has 2 aliphatic rings. The van der Waals surface area contributed by atoms with E-state index in [1.807, 2.05) is 18.2 Å². The Balaban J connectivity index is 1.46. The maximum Gasteiger partial charge on any atom is 0.290 e. The van der Waals surface area contributed by atoms with Gasteiger partial charge in [0, 0.05) is 18.7 Å². The lowest BCUT2D eigenvalue weighted by Crippen LogP contribution is -2.47. The summed E-state index contributed by atoms with van der Waals surface area (Å²) in [7, 11) is 1.68. The molecule has 30 heavy (non-hydrogen) atoms. The van der Waals surface area contributed by atoms with Gasteiger partial charge in [-0.1, -0.05) is 18.2 Å². The third-order valence-corrected chi connectivity index (χ3v) is 6.10. The average Bonchev–Trinajstić information content (AvgIpc) is 3.56. The second-order valence-corrected chi connectivity index (χ2v) is 7.88. The van der Waals surface area contributed by atoms with Gasteiger partial charge in [-0.25, -0.2) is 0 Å². The second-order valence-electron chi connectivity index (χ2n) is 7.88. The molecule has 0 aliphatic carbocycles. The van der Waals surface area contributed by atoms with Crippen LogP contribution in [0, 0.1) is 0 Å². The highest BCUT2D eigenvalue weighted by molar-refractivity contribution is 5.96. The van der Waals surface area contributed by atoms with E-state index in [1.165, 1.54) is 6.26 Å². The number of furan rings is 1. The fourth-order valence-electron chi connectivity index (χ4n) is 4.57. The smallest absolute Gasteiger partial charge is 0.290 e. The first-order valence-electron chi connectivity index (χ1n) is 10.7. The van der Waals surface area contributed by atoms with E-state index in [9.17, 15) is 9.59 Å². The van der Waals surface area contributed by atoms with Gasteiger partial charge in [-0.3, -0.25) is 14.5 Å². The summed E-state index contributed by atoms with van der Waals surface area (Å²) in [4.78, 5) is 29.8. The summed E-state index contributed by atoms with van der Waals surface area (Å²) in [5.41, 5.74) is 1.08. The molecule has 0 radical (unpaired) electrons. The number of nitrogens with one attached hydrogen (secondary N) is 1. The monoisotopic (exact) mass is 411 g/mol. The topological polar surface area (TPSA) is 75.0 Å². The van der Waals surface area contributed by atoms with E-state index in [4.69, 9.17) is 9.15 Å². The largest absolute Gasteiger partial charge is 0.496 e. The van der Waals surface area contributed by atoms with Crippen LogP contribution in [0.1, 0.15) is 47.8 Å². The number of hydrogen-bond donors (Lipinski definition) is 1. The fraction of sp³-hybridized carbons (Fsp3) is 0.478. The molecule has 1 aromatic carbocycles. The number of carbonyl (C=O) groups excluding carboxylic acids is 2. The Morgan fingerprint density at radius 1 is 1.13 bits per heavy atom. The Kier molecular flexibility index (Phi) is 6.38. The molecule has 2 aromatic rings. The number of para-hydroxylation sites is 1. The third-order valence-electron chi connectivity index (χ3n) is 6.10. The normalized spacial score (nSPS) is 20.3. The highest BCUT2D eigenvalue weighted by Crippen LogP contribution is 2.31. The van der Waals surface area contributed by atoms with Gasteiger partial charge in [0.15, 0.2) is 5.76 Å². The van der Waals surface area contributed by atoms with E-state index < -0.39 is 6.04 Å². The molecule has 2 unspecified atom stereocenters. The molecule has 2 aliphatic heterocycles. The molecule has 1 N–H and O–H groups in total. The molecule has 2 fully saturated rings. The zero-order valence-corrected chi connectivity index (χ0v) is 17.4. The molecule has 7 heteroatoms. The first-order valence-corrected chi connectivity index (χ1v) is 10.7. The van der Waals surface area contributed by atoms with Crippen LogP contribution >= 0.6 is 0 Å². The van der Waals surface area contributed by atoms with Crippen LogP contribution in [0.2, 0.25) is 0 Å². The molecule has 0 bridgehead atoms. The molecular weight excluding hydrogens is 382 g/mol. The van der Waals surface area contributed by atoms with Crippen molar-refractivity contribution in [2.24, 2.45) is 0 Å². The van der Waals surface area contributed by atoms with E-state index in [2.05, 4.69) is 16.3 Å². The van der Waals surface area contributed by atoms with Gasteiger partial charge in [0.1, 0.15) is 11.8 Å². The standard InChI is InChI=1S/C23H29N3O4/c1-29-20-10-3-2-8-17(20)19(25-12-4-5-13-25)16-24-22(27)18-9-6-14-26(18)23(28)21-11-7-15-30-21/h2-3,7-8,10-11,15,18-19H,4-6,9,12-14,16H2,1H3,(H,24,27). The number of hydrogen-bond acceptors (Lipinski definition) is 5. The van der Waals surface area contributed by atoms with Crippen LogP contribution in [-0.2, 0) is 4.79 Å². The van der Waals surface area contributed by atoms with Crippen LogP contribution in [0.5, 0.6) is 5.75 Å². The van der Waals surface area contributed by atoms with E-state index in [-0.39, 0.29) is 23.6 Å². The summed E-state index contributed by atoms with van der Waals surface area (Å²) < 4.78 is 10.8. The number of likely N-dealkylation sites (tertiary alicyclic amines) is 2. The zero-order valence-electron chi connectivity index (χ0n) is 17.4. The van der Waals surface area contributed by atoms with Crippen LogP contribution < -0.4 is 10.1 Å². The first-order chi connectivity index (χ1) is 14.7. The predicted octanol–water partition coefficient (Wildman–Crippen LogP) is 2.85. The van der Waals surface area contributed by atoms with Gasteiger partial charge < -0.3 is 19.4 Å². The van der Waals surface area contributed by atoms with Crippen molar-refractivity contribution >= 4 is 11.8 Å². The number of methoxy groups -OCH3 is 1. The number of ether oxygens (including phenoxy) is 1. The summed E-state index contributed by atoms with van der Waals surface area (Å²) in [5, 5.41) is 3.12. The fourth-order valence-corrected chi connectivity index (χ4v) is 4.57. The van der Waals surface area contributed by atoms with Gasteiger partial charge in [0.2, 0.25) is 5.91 Å². The van der Waals surface area contributed by atoms with Crippen molar-refractivity contribution in [2.75, 3.05) is 33.3 Å². The Hall–Kier alpha value is -2.80. The van der Waals surface area contributed by atoms with Crippen LogP contribution in [0.3, 0.4) is 0 Å². The minimum Gasteiger partial charge on any atom is -0.496 e. The van der Waals surface area contributed by atoms with Crippen LogP contribution in [0.15, 0.2) is 47.1 Å². The number of rotatable bonds is 7. The Bertz CT molecular complexity index is 861. The molecule has 2 saturated heterocycles. The lowest BCUT2D eigenvalue weighted by Gasteiger charge is -2.30. The minimum atomic E-state index is -0.459. The van der Waals surface area contributed by atoms with Crippen molar-refractivity contribution in [2.45, 2.75) is 37.8 Å². The van der Waals surface area contributed by atoms with Crippen LogP contribution in [0.4, 0.5) is 0 Å². The van der Waals surface area contributed by atoms with Crippen molar-refractivity contribution in [1.82, 2.24) is 15.1 Å². The number of nitrogens with zero attached hydrogens (tertiary/aromatic N) is 2. The zero-order chi connectivity index (χ0) is 20.9. The quantitative estimate of drug-likeness (QED) is 0.758.